The normalized spacial score (nSPS) is 11.2. The van der Waals surface area contributed by atoms with Gasteiger partial charge in [-0.2, -0.15) is 0 Å². The Labute approximate surface area is 123 Å². The summed E-state index contributed by atoms with van der Waals surface area (Å²) in [6.07, 6.45) is 5.42. The largest absolute Gasteiger partial charge is 0.312 e. The first-order chi connectivity index (χ1) is 9.22. The van der Waals surface area contributed by atoms with Crippen LogP contribution >= 0.6 is 11.8 Å². The molecule has 19 heavy (non-hydrogen) atoms. The Morgan fingerprint density at radius 1 is 1.05 bits per heavy atom. The molecule has 0 heterocycles. The highest BCUT2D eigenvalue weighted by molar-refractivity contribution is 7.99. The summed E-state index contributed by atoms with van der Waals surface area (Å²) in [7, 11) is 0. The fourth-order valence-electron chi connectivity index (χ4n) is 1.93. The van der Waals surface area contributed by atoms with Crippen LogP contribution in [0.1, 0.15) is 52.0 Å². The van der Waals surface area contributed by atoms with Crippen LogP contribution in [0, 0.1) is 5.92 Å². The third-order valence-electron chi connectivity index (χ3n) is 3.07. The van der Waals surface area contributed by atoms with Crippen molar-refractivity contribution in [3.63, 3.8) is 0 Å². The van der Waals surface area contributed by atoms with E-state index in [1.54, 1.807) is 0 Å². The highest BCUT2D eigenvalue weighted by Gasteiger charge is 1.97. The number of benzene rings is 1. The molecule has 0 fully saturated rings. The molecule has 0 radical (unpaired) electrons. The maximum Gasteiger partial charge on any atom is 0.0205 e. The fraction of sp³-hybridized carbons (Fsp3) is 0.647. The highest BCUT2D eigenvalue weighted by atomic mass is 32.2. The smallest absolute Gasteiger partial charge is 0.0205 e. The Balaban J connectivity index is 2.19. The number of hydrogen-bond donors (Lipinski definition) is 1. The quantitative estimate of drug-likeness (QED) is 0.472. The monoisotopic (exact) mass is 279 g/mol. The van der Waals surface area contributed by atoms with Crippen molar-refractivity contribution in [2.45, 2.75) is 57.9 Å². The van der Waals surface area contributed by atoms with Gasteiger partial charge in [0, 0.05) is 11.4 Å². The van der Waals surface area contributed by atoms with Crippen LogP contribution < -0.4 is 5.32 Å². The topological polar surface area (TPSA) is 12.0 Å². The summed E-state index contributed by atoms with van der Waals surface area (Å²) in [6.45, 7) is 8.82. The fourth-order valence-corrected chi connectivity index (χ4v) is 2.84. The van der Waals surface area contributed by atoms with E-state index < -0.39 is 0 Å². The molecule has 0 saturated heterocycles. The molecule has 2 heteroatoms. The van der Waals surface area contributed by atoms with Gasteiger partial charge in [-0.25, -0.2) is 0 Å². The number of thioether (sulfide) groups is 1. The minimum absolute atomic E-state index is 0.720. The lowest BCUT2D eigenvalue weighted by molar-refractivity contribution is 0.552. The van der Waals surface area contributed by atoms with E-state index in [4.69, 9.17) is 0 Å². The van der Waals surface area contributed by atoms with Gasteiger partial charge in [0.2, 0.25) is 0 Å². The lowest BCUT2D eigenvalue weighted by Gasteiger charge is -2.08. The van der Waals surface area contributed by atoms with Gasteiger partial charge in [-0.1, -0.05) is 52.2 Å². The Morgan fingerprint density at radius 3 is 2.42 bits per heavy atom. The number of hydrogen-bond acceptors (Lipinski definition) is 2. The molecule has 0 aliphatic carbocycles. The molecule has 0 aliphatic heterocycles. The van der Waals surface area contributed by atoms with E-state index in [0.717, 1.165) is 19.0 Å². The van der Waals surface area contributed by atoms with Crippen molar-refractivity contribution in [2.24, 2.45) is 5.92 Å². The second-order valence-corrected chi connectivity index (χ2v) is 6.75. The van der Waals surface area contributed by atoms with Crippen molar-refractivity contribution in [3.8, 4) is 0 Å². The first-order valence-electron chi connectivity index (χ1n) is 7.64. The van der Waals surface area contributed by atoms with Gasteiger partial charge in [0.05, 0.1) is 0 Å². The number of unbranched alkanes of at least 4 members (excludes halogenated alkanes) is 3. The molecule has 1 aromatic carbocycles. The maximum absolute atomic E-state index is 3.48. The Bertz CT molecular complexity index is 319. The molecular formula is C17H29NS. The molecule has 108 valence electrons. The third-order valence-corrected chi connectivity index (χ3v) is 4.17. The number of rotatable bonds is 10. The zero-order chi connectivity index (χ0) is 13.9. The second kappa shape index (κ2) is 10.3. The van der Waals surface area contributed by atoms with E-state index >= 15 is 0 Å². The highest BCUT2D eigenvalue weighted by Crippen LogP contribution is 2.20. The summed E-state index contributed by atoms with van der Waals surface area (Å²) in [4.78, 5) is 1.41. The van der Waals surface area contributed by atoms with E-state index in [0.29, 0.717) is 0 Å². The zero-order valence-electron chi connectivity index (χ0n) is 12.7. The minimum Gasteiger partial charge on any atom is -0.312 e. The summed E-state index contributed by atoms with van der Waals surface area (Å²) in [6, 6.07) is 9.02. The molecule has 0 unspecified atom stereocenters. The SMILES string of the molecule is CCCCCCSc1ccc(CNCC(C)C)cc1. The van der Waals surface area contributed by atoms with Gasteiger partial charge in [0.1, 0.15) is 0 Å². The van der Waals surface area contributed by atoms with Gasteiger partial charge in [-0.3, -0.25) is 0 Å². The summed E-state index contributed by atoms with van der Waals surface area (Å²) >= 11 is 1.99. The summed E-state index contributed by atoms with van der Waals surface area (Å²) in [5.74, 6) is 1.98. The van der Waals surface area contributed by atoms with Crippen LogP contribution in [0.25, 0.3) is 0 Å². The third kappa shape index (κ3) is 8.33. The molecule has 0 aliphatic rings. The molecule has 0 spiro atoms. The van der Waals surface area contributed by atoms with Crippen LogP contribution in [0.5, 0.6) is 0 Å². The predicted octanol–water partition coefficient (Wildman–Crippen LogP) is 5.10. The molecule has 0 aromatic heterocycles. The Morgan fingerprint density at radius 2 is 1.79 bits per heavy atom. The van der Waals surface area contributed by atoms with Crippen LogP contribution in [-0.2, 0) is 6.54 Å². The van der Waals surface area contributed by atoms with Gasteiger partial charge in [0.25, 0.3) is 0 Å². The van der Waals surface area contributed by atoms with E-state index in [9.17, 15) is 0 Å². The molecule has 0 atom stereocenters. The van der Waals surface area contributed by atoms with Crippen molar-refractivity contribution >= 4 is 11.8 Å². The van der Waals surface area contributed by atoms with Gasteiger partial charge in [-0.05, 0) is 42.3 Å². The lowest BCUT2D eigenvalue weighted by Crippen LogP contribution is -2.18. The van der Waals surface area contributed by atoms with Crippen LogP contribution in [0.4, 0.5) is 0 Å². The standard InChI is InChI=1S/C17H29NS/c1-4-5-6-7-12-19-17-10-8-16(9-11-17)14-18-13-15(2)3/h8-11,15,18H,4-7,12-14H2,1-3H3. The average Bonchev–Trinajstić information content (AvgIpc) is 2.40. The first kappa shape index (κ1) is 16.6. The Kier molecular flexibility index (Phi) is 9.02. The van der Waals surface area contributed by atoms with E-state index in [1.165, 1.54) is 41.9 Å². The first-order valence-corrected chi connectivity index (χ1v) is 8.63. The van der Waals surface area contributed by atoms with Crippen LogP contribution in [-0.4, -0.2) is 12.3 Å². The van der Waals surface area contributed by atoms with Crippen molar-refractivity contribution < 1.29 is 0 Å². The Hall–Kier alpha value is -0.470. The van der Waals surface area contributed by atoms with Gasteiger partial charge in [-0.15, -0.1) is 11.8 Å². The molecule has 0 saturated carbocycles. The van der Waals surface area contributed by atoms with Gasteiger partial charge < -0.3 is 5.32 Å². The van der Waals surface area contributed by atoms with Crippen molar-refractivity contribution in [2.75, 3.05) is 12.3 Å². The maximum atomic E-state index is 3.48. The summed E-state index contributed by atoms with van der Waals surface area (Å²) < 4.78 is 0. The molecule has 1 N–H and O–H groups in total. The second-order valence-electron chi connectivity index (χ2n) is 5.58. The van der Waals surface area contributed by atoms with E-state index in [2.05, 4.69) is 50.4 Å². The molecule has 1 aromatic rings. The van der Waals surface area contributed by atoms with Crippen LogP contribution in [0.3, 0.4) is 0 Å². The zero-order valence-corrected chi connectivity index (χ0v) is 13.6. The minimum atomic E-state index is 0.720. The molecule has 1 rings (SSSR count). The van der Waals surface area contributed by atoms with Gasteiger partial charge >= 0.3 is 0 Å². The van der Waals surface area contributed by atoms with Crippen LogP contribution in [0.2, 0.25) is 0 Å². The lowest BCUT2D eigenvalue weighted by atomic mass is 10.2. The number of nitrogens with one attached hydrogen (secondary N) is 1. The van der Waals surface area contributed by atoms with Crippen molar-refractivity contribution in [3.05, 3.63) is 29.8 Å². The average molecular weight is 279 g/mol. The van der Waals surface area contributed by atoms with Crippen molar-refractivity contribution in [1.29, 1.82) is 0 Å². The van der Waals surface area contributed by atoms with E-state index in [1.807, 2.05) is 11.8 Å². The molecule has 0 bridgehead atoms. The summed E-state index contributed by atoms with van der Waals surface area (Å²) in [5.41, 5.74) is 1.39. The van der Waals surface area contributed by atoms with Crippen molar-refractivity contribution in [1.82, 2.24) is 5.32 Å². The van der Waals surface area contributed by atoms with Crippen LogP contribution in [0.15, 0.2) is 29.2 Å². The van der Waals surface area contributed by atoms with E-state index in [-0.39, 0.29) is 0 Å². The molecular weight excluding hydrogens is 250 g/mol. The predicted molar refractivity (Wildman–Crippen MR) is 87.9 cm³/mol. The summed E-state index contributed by atoms with van der Waals surface area (Å²) in [5, 5.41) is 3.48. The molecule has 1 nitrogen and oxygen atoms in total. The molecule has 0 amide bonds. The van der Waals surface area contributed by atoms with Gasteiger partial charge in [0.15, 0.2) is 0 Å².